The molecule has 0 saturated carbocycles. The molecule has 5 heteroatoms. The van der Waals surface area contributed by atoms with Crippen molar-refractivity contribution in [3.63, 3.8) is 0 Å². The van der Waals surface area contributed by atoms with Crippen molar-refractivity contribution in [2.24, 2.45) is 0 Å². The van der Waals surface area contributed by atoms with Gasteiger partial charge >= 0.3 is 0 Å². The third-order valence-corrected chi connectivity index (χ3v) is 3.64. The van der Waals surface area contributed by atoms with Gasteiger partial charge in [-0.05, 0) is 31.2 Å². The third kappa shape index (κ3) is 2.26. The van der Waals surface area contributed by atoms with Gasteiger partial charge in [0.2, 0.25) is 5.06 Å². The standard InChI is InChI=1S/C13H11Cl2FO2/c1-9-4-6-10(7-5-9)18-12(14)8-2-3-11(16)13(12,15)17/h2-8,17H,1H3. The minimum absolute atomic E-state index is 0.383. The Kier molecular flexibility index (Phi) is 3.41. The number of ether oxygens (including phenoxy) is 1. The minimum atomic E-state index is -2.44. The Morgan fingerprint density at radius 2 is 1.83 bits per heavy atom. The molecular formula is C13H11Cl2FO2. The molecule has 18 heavy (non-hydrogen) atoms. The van der Waals surface area contributed by atoms with E-state index in [-0.39, 0.29) is 0 Å². The summed E-state index contributed by atoms with van der Waals surface area (Å²) in [5, 5.41) is 5.57. The summed E-state index contributed by atoms with van der Waals surface area (Å²) in [4.78, 5) is 0. The van der Waals surface area contributed by atoms with Crippen molar-refractivity contribution in [1.29, 1.82) is 0 Å². The topological polar surface area (TPSA) is 29.5 Å². The number of hydrogen-bond donors (Lipinski definition) is 1. The van der Waals surface area contributed by atoms with Crippen LogP contribution in [0.4, 0.5) is 4.39 Å². The Morgan fingerprint density at radius 1 is 1.22 bits per heavy atom. The van der Waals surface area contributed by atoms with Crippen LogP contribution in [0.1, 0.15) is 5.56 Å². The zero-order chi connectivity index (χ0) is 13.4. The normalized spacial score (nSPS) is 31.1. The van der Waals surface area contributed by atoms with Crippen molar-refractivity contribution in [2.75, 3.05) is 0 Å². The van der Waals surface area contributed by atoms with Crippen LogP contribution in [0.25, 0.3) is 0 Å². The van der Waals surface area contributed by atoms with Gasteiger partial charge in [0.05, 0.1) is 0 Å². The van der Waals surface area contributed by atoms with Crippen molar-refractivity contribution in [3.8, 4) is 5.75 Å². The van der Waals surface area contributed by atoms with Gasteiger partial charge in [0.25, 0.3) is 5.06 Å². The average Bonchev–Trinajstić information content (AvgIpc) is 2.30. The first-order valence-electron chi connectivity index (χ1n) is 5.26. The lowest BCUT2D eigenvalue weighted by Gasteiger charge is -2.36. The van der Waals surface area contributed by atoms with E-state index in [0.29, 0.717) is 5.75 Å². The van der Waals surface area contributed by atoms with Crippen LogP contribution >= 0.6 is 23.2 Å². The summed E-state index contributed by atoms with van der Waals surface area (Å²) in [5.74, 6) is -0.581. The molecule has 0 heterocycles. The number of hydrogen-bond acceptors (Lipinski definition) is 2. The lowest BCUT2D eigenvalue weighted by Crippen LogP contribution is -2.50. The first-order chi connectivity index (χ1) is 8.35. The molecule has 0 spiro atoms. The van der Waals surface area contributed by atoms with Crippen LogP contribution in [-0.4, -0.2) is 15.2 Å². The minimum Gasteiger partial charge on any atom is -0.463 e. The fraction of sp³-hybridized carbons (Fsp3) is 0.231. The van der Waals surface area contributed by atoms with Gasteiger partial charge in [-0.1, -0.05) is 47.0 Å². The van der Waals surface area contributed by atoms with E-state index in [1.165, 1.54) is 12.2 Å². The quantitative estimate of drug-likeness (QED) is 0.842. The van der Waals surface area contributed by atoms with E-state index in [1.54, 1.807) is 12.1 Å². The Bertz CT molecular complexity index is 508. The lowest BCUT2D eigenvalue weighted by molar-refractivity contribution is 0.0114. The molecule has 0 fully saturated rings. The molecule has 96 valence electrons. The second-order valence-electron chi connectivity index (χ2n) is 4.06. The number of halogens is 3. The zero-order valence-corrected chi connectivity index (χ0v) is 11.0. The van der Waals surface area contributed by atoms with Crippen LogP contribution in [0.5, 0.6) is 5.75 Å². The molecule has 0 amide bonds. The average molecular weight is 289 g/mol. The molecule has 0 aliphatic heterocycles. The van der Waals surface area contributed by atoms with Gasteiger partial charge in [-0.2, -0.15) is 0 Å². The Balaban J connectivity index is 2.30. The Labute approximate surface area is 114 Å². The summed E-state index contributed by atoms with van der Waals surface area (Å²) < 4.78 is 18.9. The number of benzene rings is 1. The summed E-state index contributed by atoms with van der Waals surface area (Å²) in [5.41, 5.74) is 1.04. The molecule has 0 saturated heterocycles. The molecule has 2 unspecified atom stereocenters. The summed E-state index contributed by atoms with van der Waals surface area (Å²) in [6.07, 6.45) is 3.67. The molecule has 2 atom stereocenters. The Hall–Kier alpha value is -1.03. The highest BCUT2D eigenvalue weighted by Crippen LogP contribution is 2.44. The fourth-order valence-electron chi connectivity index (χ4n) is 1.52. The third-order valence-electron chi connectivity index (χ3n) is 2.61. The van der Waals surface area contributed by atoms with Crippen molar-refractivity contribution in [1.82, 2.24) is 0 Å². The van der Waals surface area contributed by atoms with Crippen molar-refractivity contribution in [2.45, 2.75) is 17.0 Å². The molecule has 0 bridgehead atoms. The zero-order valence-electron chi connectivity index (χ0n) is 9.53. The van der Waals surface area contributed by atoms with Crippen LogP contribution in [0, 0.1) is 6.92 Å². The van der Waals surface area contributed by atoms with Gasteiger partial charge in [-0.25, -0.2) is 4.39 Å². The summed E-state index contributed by atoms with van der Waals surface area (Å²) in [6, 6.07) is 6.94. The van der Waals surface area contributed by atoms with Gasteiger partial charge in [0, 0.05) is 0 Å². The highest BCUT2D eigenvalue weighted by molar-refractivity contribution is 6.35. The number of aliphatic hydroxyl groups is 1. The molecule has 0 radical (unpaired) electrons. The molecule has 2 nitrogen and oxygen atoms in total. The summed E-state index contributed by atoms with van der Waals surface area (Å²) >= 11 is 11.8. The highest BCUT2D eigenvalue weighted by Gasteiger charge is 2.54. The first-order valence-corrected chi connectivity index (χ1v) is 6.02. The highest BCUT2D eigenvalue weighted by atomic mass is 35.5. The first kappa shape index (κ1) is 13.4. The maximum atomic E-state index is 13.5. The van der Waals surface area contributed by atoms with E-state index in [4.69, 9.17) is 27.9 Å². The van der Waals surface area contributed by atoms with Gasteiger partial charge < -0.3 is 9.84 Å². The predicted octanol–water partition coefficient (Wildman–Crippen LogP) is 3.66. The summed E-state index contributed by atoms with van der Waals surface area (Å²) in [7, 11) is 0. The monoisotopic (exact) mass is 288 g/mol. The molecule has 1 aromatic carbocycles. The lowest BCUT2D eigenvalue weighted by atomic mass is 10.1. The van der Waals surface area contributed by atoms with Crippen LogP contribution in [0.3, 0.4) is 0 Å². The van der Waals surface area contributed by atoms with E-state index in [9.17, 15) is 9.50 Å². The molecule has 2 rings (SSSR count). The second-order valence-corrected chi connectivity index (χ2v) is 5.16. The molecule has 0 aromatic heterocycles. The molecule has 1 N–H and O–H groups in total. The SMILES string of the molecule is Cc1ccc(OC2(Cl)C=CC=C(F)C2(O)Cl)cc1. The van der Waals surface area contributed by atoms with E-state index < -0.39 is 15.9 Å². The van der Waals surface area contributed by atoms with E-state index >= 15 is 0 Å². The maximum absolute atomic E-state index is 13.5. The van der Waals surface area contributed by atoms with Gasteiger partial charge in [-0.15, -0.1) is 0 Å². The van der Waals surface area contributed by atoms with Gasteiger partial charge in [-0.3, -0.25) is 0 Å². The van der Waals surface area contributed by atoms with Crippen molar-refractivity contribution < 1.29 is 14.2 Å². The van der Waals surface area contributed by atoms with Crippen molar-refractivity contribution in [3.05, 3.63) is 53.9 Å². The molecule has 1 aliphatic rings. The second kappa shape index (κ2) is 4.57. The van der Waals surface area contributed by atoms with E-state index in [1.807, 2.05) is 19.1 Å². The van der Waals surface area contributed by atoms with E-state index in [2.05, 4.69) is 0 Å². The van der Waals surface area contributed by atoms with Crippen LogP contribution in [0.2, 0.25) is 0 Å². The number of alkyl halides is 2. The predicted molar refractivity (Wildman–Crippen MR) is 69.5 cm³/mol. The smallest absolute Gasteiger partial charge is 0.250 e. The molecular weight excluding hydrogens is 278 g/mol. The summed E-state index contributed by atoms with van der Waals surface area (Å²) in [6.45, 7) is 1.92. The molecule has 1 aromatic rings. The molecule has 1 aliphatic carbocycles. The fourth-order valence-corrected chi connectivity index (χ4v) is 1.94. The van der Waals surface area contributed by atoms with E-state index in [0.717, 1.165) is 11.6 Å². The number of aryl methyl sites for hydroxylation is 1. The van der Waals surface area contributed by atoms with Crippen LogP contribution in [0.15, 0.2) is 48.3 Å². The largest absolute Gasteiger partial charge is 0.463 e. The van der Waals surface area contributed by atoms with Gasteiger partial charge in [0.15, 0.2) is 5.83 Å². The Morgan fingerprint density at radius 3 is 2.44 bits per heavy atom. The number of rotatable bonds is 2. The maximum Gasteiger partial charge on any atom is 0.250 e. The van der Waals surface area contributed by atoms with Crippen LogP contribution < -0.4 is 4.74 Å². The van der Waals surface area contributed by atoms with Crippen LogP contribution in [-0.2, 0) is 0 Å². The number of allylic oxidation sites excluding steroid dienone is 2. The van der Waals surface area contributed by atoms with Gasteiger partial charge in [0.1, 0.15) is 5.75 Å². The van der Waals surface area contributed by atoms with Crippen molar-refractivity contribution >= 4 is 23.2 Å².